The van der Waals surface area contributed by atoms with Gasteiger partial charge in [0.1, 0.15) is 0 Å². The van der Waals surface area contributed by atoms with E-state index in [0.29, 0.717) is 23.7 Å². The lowest BCUT2D eigenvalue weighted by atomic mass is 9.34. The van der Waals surface area contributed by atoms with E-state index in [-0.39, 0.29) is 40.1 Å². The van der Waals surface area contributed by atoms with Crippen LogP contribution >= 0.6 is 0 Å². The number of fused-ring (bicyclic) bond motifs is 3. The van der Waals surface area contributed by atoms with Gasteiger partial charge < -0.3 is 15.3 Å². The Hall–Kier alpha value is -0.120. The minimum atomic E-state index is -0.532. The van der Waals surface area contributed by atoms with Gasteiger partial charge in [-0.2, -0.15) is 0 Å². The van der Waals surface area contributed by atoms with Gasteiger partial charge in [-0.15, -0.1) is 0 Å². The molecule has 0 radical (unpaired) electrons. The van der Waals surface area contributed by atoms with E-state index in [1.165, 1.54) is 89.9 Å². The molecule has 0 aromatic heterocycles. The van der Waals surface area contributed by atoms with Crippen LogP contribution in [0, 0.1) is 81.3 Å². The second-order valence-corrected chi connectivity index (χ2v) is 19.0. The van der Waals surface area contributed by atoms with Crippen molar-refractivity contribution in [1.29, 1.82) is 0 Å². The highest BCUT2D eigenvalue weighted by atomic mass is 16.3. The summed E-state index contributed by atoms with van der Waals surface area (Å²) < 4.78 is 0. The average molecular weight is 599 g/mol. The summed E-state index contributed by atoms with van der Waals surface area (Å²) in [4.78, 5) is 0. The lowest BCUT2D eigenvalue weighted by Gasteiger charge is -2.71. The zero-order valence-corrected chi connectivity index (χ0v) is 29.2. The summed E-state index contributed by atoms with van der Waals surface area (Å²) >= 11 is 0. The molecule has 0 aromatic carbocycles. The van der Waals surface area contributed by atoms with Crippen molar-refractivity contribution >= 4 is 0 Å². The van der Waals surface area contributed by atoms with Crippen LogP contribution < -0.4 is 0 Å². The highest BCUT2D eigenvalue weighted by Crippen LogP contribution is 2.72. The van der Waals surface area contributed by atoms with Gasteiger partial charge in [0.25, 0.3) is 0 Å². The van der Waals surface area contributed by atoms with Crippen LogP contribution in [0.2, 0.25) is 0 Å². The van der Waals surface area contributed by atoms with Crippen LogP contribution in [0.1, 0.15) is 151 Å². The molecular weight excluding hydrogens is 528 g/mol. The number of hydrogen-bond donors (Lipinski definition) is 3. The maximum Gasteiger partial charge on any atom is 0.0656 e. The number of aliphatic hydroxyl groups excluding tert-OH is 3. The second kappa shape index (κ2) is 12.2. The van der Waals surface area contributed by atoms with Crippen LogP contribution in [0.5, 0.6) is 0 Å². The maximum atomic E-state index is 12.5. The van der Waals surface area contributed by atoms with Crippen LogP contribution in [-0.2, 0) is 0 Å². The Morgan fingerprint density at radius 1 is 0.744 bits per heavy atom. The molecule has 14 unspecified atom stereocenters. The van der Waals surface area contributed by atoms with E-state index in [1.807, 2.05) is 6.92 Å². The summed E-state index contributed by atoms with van der Waals surface area (Å²) in [6.07, 6.45) is 21.0. The number of hydrogen-bond acceptors (Lipinski definition) is 3. The van der Waals surface area contributed by atoms with Crippen molar-refractivity contribution in [3.05, 3.63) is 0 Å². The summed E-state index contributed by atoms with van der Waals surface area (Å²) in [6, 6.07) is 0. The second-order valence-electron chi connectivity index (χ2n) is 19.0. The maximum absolute atomic E-state index is 12.5. The molecule has 3 nitrogen and oxygen atoms in total. The number of aliphatic hydroxyl groups is 3. The third-order valence-corrected chi connectivity index (χ3v) is 16.6. The largest absolute Gasteiger partial charge is 0.393 e. The summed E-state index contributed by atoms with van der Waals surface area (Å²) in [6.45, 7) is 16.3. The molecule has 6 aliphatic carbocycles. The van der Waals surface area contributed by atoms with E-state index in [9.17, 15) is 15.3 Å². The van der Waals surface area contributed by atoms with Crippen molar-refractivity contribution in [3.8, 4) is 0 Å². The average Bonchev–Trinajstić information content (AvgIpc) is 2.93. The molecule has 3 N–H and O–H groups in total. The predicted octanol–water partition coefficient (Wildman–Crippen LogP) is 9.27. The molecule has 0 saturated heterocycles. The van der Waals surface area contributed by atoms with E-state index in [1.54, 1.807) is 0 Å². The first-order chi connectivity index (χ1) is 20.3. The first-order valence-corrected chi connectivity index (χ1v) is 19.3. The predicted molar refractivity (Wildman–Crippen MR) is 177 cm³/mol. The zero-order valence-electron chi connectivity index (χ0n) is 29.2. The molecule has 14 atom stereocenters. The highest BCUT2D eigenvalue weighted by molar-refractivity contribution is 5.18. The molecule has 3 heteroatoms. The van der Waals surface area contributed by atoms with Crippen molar-refractivity contribution in [1.82, 2.24) is 0 Å². The number of rotatable bonds is 5. The monoisotopic (exact) mass is 599 g/mol. The van der Waals surface area contributed by atoms with Crippen molar-refractivity contribution in [3.63, 3.8) is 0 Å². The van der Waals surface area contributed by atoms with Crippen molar-refractivity contribution in [2.45, 2.75) is 170 Å². The first-order valence-electron chi connectivity index (χ1n) is 19.3. The zero-order chi connectivity index (χ0) is 30.9. The van der Waals surface area contributed by atoms with E-state index < -0.39 is 12.2 Å². The molecule has 6 saturated carbocycles. The third kappa shape index (κ3) is 5.52. The van der Waals surface area contributed by atoms with Crippen LogP contribution in [0.4, 0.5) is 0 Å². The SMILES string of the molecule is CC(O)C1C(C)CC2(C)CC3(C)CC4CCC(CC5CCC(CC6CCCCC6)CC5)C(C)C4C(O)C3C(C)C2(C)C1O. The van der Waals surface area contributed by atoms with Crippen molar-refractivity contribution in [2.24, 2.45) is 81.3 Å². The fourth-order valence-corrected chi connectivity index (χ4v) is 14.5. The Morgan fingerprint density at radius 2 is 1.35 bits per heavy atom. The van der Waals surface area contributed by atoms with Gasteiger partial charge in [0.05, 0.1) is 18.3 Å². The molecule has 0 bridgehead atoms. The fraction of sp³-hybridized carbons (Fsp3) is 1.00. The van der Waals surface area contributed by atoms with E-state index in [0.717, 1.165) is 36.5 Å². The molecule has 0 aromatic rings. The summed E-state index contributed by atoms with van der Waals surface area (Å²) in [5.41, 5.74) is -0.158. The molecule has 0 aliphatic heterocycles. The van der Waals surface area contributed by atoms with Gasteiger partial charge in [-0.25, -0.2) is 0 Å². The van der Waals surface area contributed by atoms with Gasteiger partial charge in [-0.05, 0) is 122 Å². The van der Waals surface area contributed by atoms with Gasteiger partial charge >= 0.3 is 0 Å². The Labute approximate surface area is 265 Å². The Kier molecular flexibility index (Phi) is 9.27. The fourth-order valence-electron chi connectivity index (χ4n) is 14.5. The van der Waals surface area contributed by atoms with Gasteiger partial charge in [0.2, 0.25) is 0 Å². The molecule has 248 valence electrons. The van der Waals surface area contributed by atoms with Crippen LogP contribution in [0.3, 0.4) is 0 Å². The topological polar surface area (TPSA) is 60.7 Å². The van der Waals surface area contributed by atoms with Crippen molar-refractivity contribution < 1.29 is 15.3 Å². The lowest BCUT2D eigenvalue weighted by molar-refractivity contribution is -0.277. The van der Waals surface area contributed by atoms with Gasteiger partial charge in [-0.1, -0.05) is 99.3 Å². The highest BCUT2D eigenvalue weighted by Gasteiger charge is 2.70. The van der Waals surface area contributed by atoms with E-state index >= 15 is 0 Å². The molecule has 6 rings (SSSR count). The van der Waals surface area contributed by atoms with Crippen molar-refractivity contribution in [2.75, 3.05) is 0 Å². The summed E-state index contributed by atoms with van der Waals surface area (Å²) in [5, 5.41) is 35.3. The van der Waals surface area contributed by atoms with E-state index in [4.69, 9.17) is 0 Å². The van der Waals surface area contributed by atoms with Gasteiger partial charge in [0.15, 0.2) is 0 Å². The van der Waals surface area contributed by atoms with Crippen LogP contribution in [0.25, 0.3) is 0 Å². The van der Waals surface area contributed by atoms with Crippen LogP contribution in [0.15, 0.2) is 0 Å². The smallest absolute Gasteiger partial charge is 0.0656 e. The summed E-state index contributed by atoms with van der Waals surface area (Å²) in [5.74, 6) is 6.00. The molecular formula is C40H70O3. The molecule has 0 heterocycles. The molecule has 43 heavy (non-hydrogen) atoms. The summed E-state index contributed by atoms with van der Waals surface area (Å²) in [7, 11) is 0. The molecule has 6 aliphatic rings. The molecule has 0 spiro atoms. The van der Waals surface area contributed by atoms with Gasteiger partial charge in [-0.3, -0.25) is 0 Å². The van der Waals surface area contributed by atoms with E-state index in [2.05, 4.69) is 41.5 Å². The lowest BCUT2D eigenvalue weighted by Crippen LogP contribution is -2.70. The first kappa shape index (κ1) is 32.8. The van der Waals surface area contributed by atoms with Crippen LogP contribution in [-0.4, -0.2) is 33.6 Å². The standard InChI is InChI=1S/C40H70O3/c1-24-21-39(6)23-38(5)22-32-18-17-31(20-30-15-13-29(14-16-30)19-28-11-9-8-10-12-28)25(2)34(32)36(42)35(38)26(3)40(39,7)37(43)33(24)27(4)41/h24-37,41-43H,8-23H2,1-7H3. The Morgan fingerprint density at radius 3 is 1.98 bits per heavy atom. The Bertz CT molecular complexity index is 949. The third-order valence-electron chi connectivity index (χ3n) is 16.6. The van der Waals surface area contributed by atoms with Gasteiger partial charge in [0, 0.05) is 11.3 Å². The quantitative estimate of drug-likeness (QED) is 0.296. The Balaban J connectivity index is 1.14. The normalized spacial score (nSPS) is 55.1. The minimum absolute atomic E-state index is 0.0209. The molecule has 0 amide bonds. The minimum Gasteiger partial charge on any atom is -0.393 e. The molecule has 6 fully saturated rings.